The number of hydrogen-bond acceptors (Lipinski definition) is 6. The molecule has 1 atom stereocenters. The summed E-state index contributed by atoms with van der Waals surface area (Å²) < 4.78 is 24.7. The molecule has 3 aromatic carbocycles. The third kappa shape index (κ3) is 8.45. The number of aromatic nitrogens is 1. The molecule has 0 saturated carbocycles. The number of carbonyl (C=O) groups excluding carboxylic acids is 3. The summed E-state index contributed by atoms with van der Waals surface area (Å²) in [5, 5.41) is 15.8. The number of nitrogens with two attached hydrogens (primary N) is 1. The Hall–Kier alpha value is -4.59. The van der Waals surface area contributed by atoms with Gasteiger partial charge in [-0.25, -0.2) is 23.3 Å². The molecule has 0 aliphatic rings. The predicted octanol–water partition coefficient (Wildman–Crippen LogP) is 4.32. The Kier molecular flexibility index (Phi) is 9.45. The van der Waals surface area contributed by atoms with Gasteiger partial charge in [0.05, 0.1) is 11.3 Å². The number of pyridine rings is 1. The second-order valence-electron chi connectivity index (χ2n) is 8.74. The highest BCUT2D eigenvalue weighted by Crippen LogP contribution is 2.27. The number of carbonyl (C=O) groups is 3. The van der Waals surface area contributed by atoms with E-state index in [1.807, 2.05) is 0 Å². The molecule has 0 aliphatic carbocycles. The maximum atomic E-state index is 13.2. The Morgan fingerprint density at radius 3 is 2.12 bits per heavy atom. The minimum Gasteiger partial charge on any atom is -0.326 e. The number of nitrogens with zero attached hydrogens (tertiary/aromatic N) is 1. The van der Waals surface area contributed by atoms with Crippen LogP contribution < -0.4 is 26.4 Å². The number of rotatable bonds is 9. The van der Waals surface area contributed by atoms with Crippen LogP contribution in [0.15, 0.2) is 107 Å². The number of hydrogen-bond donors (Lipinski definition) is 5. The number of halogens is 1. The van der Waals surface area contributed by atoms with Crippen molar-refractivity contribution in [3.05, 3.63) is 102 Å². The third-order valence-electron chi connectivity index (χ3n) is 5.69. The standard InChI is InChI=1S/C28H25BrN6O5S/c29-19-12-15-25(31-17-19)35-26(36)16-23(34-28(38)33-20-6-2-1-3-7-20)27(37)32-21-13-10-18(11-14-21)22-8-4-5-9-24(22)41(30,39)40/h1-15,17,23H,16H2,(H,32,37)(H2,30,39,40)(H,31,35,36)(H2,33,34,38). The number of sulfonamides is 1. The van der Waals surface area contributed by atoms with Crippen LogP contribution in [0.3, 0.4) is 0 Å². The van der Waals surface area contributed by atoms with E-state index in [-0.39, 0.29) is 17.1 Å². The third-order valence-corrected chi connectivity index (χ3v) is 7.13. The lowest BCUT2D eigenvalue weighted by Gasteiger charge is -2.19. The number of primary sulfonamides is 1. The fourth-order valence-electron chi connectivity index (χ4n) is 3.80. The van der Waals surface area contributed by atoms with Gasteiger partial charge in [0, 0.05) is 27.6 Å². The Morgan fingerprint density at radius 1 is 0.805 bits per heavy atom. The lowest BCUT2D eigenvalue weighted by Crippen LogP contribution is -2.47. The molecule has 1 heterocycles. The molecule has 0 radical (unpaired) electrons. The molecule has 6 N–H and O–H groups in total. The monoisotopic (exact) mass is 636 g/mol. The highest BCUT2D eigenvalue weighted by atomic mass is 79.9. The van der Waals surface area contributed by atoms with Crippen LogP contribution in [-0.4, -0.2) is 37.3 Å². The molecule has 41 heavy (non-hydrogen) atoms. The Labute approximate surface area is 244 Å². The van der Waals surface area contributed by atoms with Gasteiger partial charge in [-0.05, 0) is 64.0 Å². The van der Waals surface area contributed by atoms with E-state index in [0.717, 1.165) is 4.47 Å². The summed E-state index contributed by atoms with van der Waals surface area (Å²) in [6.07, 6.45) is 1.13. The van der Waals surface area contributed by atoms with Crippen molar-refractivity contribution >= 4 is 61.0 Å². The first kappa shape index (κ1) is 29.4. The number of para-hydroxylation sites is 1. The van der Waals surface area contributed by atoms with E-state index in [4.69, 9.17) is 5.14 Å². The van der Waals surface area contributed by atoms with Gasteiger partial charge in [-0.3, -0.25) is 9.59 Å². The van der Waals surface area contributed by atoms with Gasteiger partial charge < -0.3 is 21.3 Å². The summed E-state index contributed by atoms with van der Waals surface area (Å²) in [5.41, 5.74) is 1.83. The van der Waals surface area contributed by atoms with Crippen LogP contribution in [0.5, 0.6) is 0 Å². The van der Waals surface area contributed by atoms with E-state index in [9.17, 15) is 22.8 Å². The maximum Gasteiger partial charge on any atom is 0.319 e. The Morgan fingerprint density at radius 2 is 1.46 bits per heavy atom. The van der Waals surface area contributed by atoms with E-state index < -0.39 is 33.9 Å². The lowest BCUT2D eigenvalue weighted by molar-refractivity contribution is -0.122. The summed E-state index contributed by atoms with van der Waals surface area (Å²) in [6.45, 7) is 0. The van der Waals surface area contributed by atoms with Crippen molar-refractivity contribution in [1.29, 1.82) is 0 Å². The highest BCUT2D eigenvalue weighted by molar-refractivity contribution is 9.10. The molecule has 0 spiro atoms. The molecule has 1 aromatic heterocycles. The molecular weight excluding hydrogens is 612 g/mol. The zero-order valence-corrected chi connectivity index (χ0v) is 23.8. The van der Waals surface area contributed by atoms with Crippen molar-refractivity contribution in [2.45, 2.75) is 17.4 Å². The molecule has 0 aliphatic heterocycles. The van der Waals surface area contributed by atoms with Crippen molar-refractivity contribution in [1.82, 2.24) is 10.3 Å². The van der Waals surface area contributed by atoms with Crippen molar-refractivity contribution in [2.24, 2.45) is 5.14 Å². The van der Waals surface area contributed by atoms with Crippen LogP contribution in [0, 0.1) is 0 Å². The topological polar surface area (TPSA) is 172 Å². The van der Waals surface area contributed by atoms with Crippen molar-refractivity contribution in [3.63, 3.8) is 0 Å². The SMILES string of the molecule is NS(=O)(=O)c1ccccc1-c1ccc(NC(=O)C(CC(=O)Nc2ccc(Br)cn2)NC(=O)Nc2ccccc2)cc1. The van der Waals surface area contributed by atoms with Gasteiger partial charge >= 0.3 is 6.03 Å². The number of nitrogens with one attached hydrogen (secondary N) is 4. The minimum atomic E-state index is -3.95. The van der Waals surface area contributed by atoms with Gasteiger partial charge in [-0.15, -0.1) is 0 Å². The molecule has 0 fully saturated rings. The lowest BCUT2D eigenvalue weighted by atomic mass is 10.1. The second kappa shape index (κ2) is 13.2. The molecule has 0 bridgehead atoms. The highest BCUT2D eigenvalue weighted by Gasteiger charge is 2.25. The van der Waals surface area contributed by atoms with Gasteiger partial charge in [0.25, 0.3) is 0 Å². The predicted molar refractivity (Wildman–Crippen MR) is 159 cm³/mol. The first-order valence-electron chi connectivity index (χ1n) is 12.2. The van der Waals surface area contributed by atoms with E-state index in [0.29, 0.717) is 22.5 Å². The quantitative estimate of drug-likeness (QED) is 0.183. The zero-order valence-electron chi connectivity index (χ0n) is 21.4. The summed E-state index contributed by atoms with van der Waals surface area (Å²) in [6, 6.07) is 22.6. The number of benzene rings is 3. The van der Waals surface area contributed by atoms with Crippen LogP contribution in [0.25, 0.3) is 11.1 Å². The summed E-state index contributed by atoms with van der Waals surface area (Å²) in [4.78, 5) is 42.7. The number of urea groups is 1. The van der Waals surface area contributed by atoms with Crippen molar-refractivity contribution in [3.8, 4) is 11.1 Å². The van der Waals surface area contributed by atoms with Gasteiger partial charge in [-0.2, -0.15) is 0 Å². The van der Waals surface area contributed by atoms with Crippen LogP contribution in [-0.2, 0) is 19.6 Å². The van der Waals surface area contributed by atoms with Crippen LogP contribution in [0.1, 0.15) is 6.42 Å². The summed E-state index contributed by atoms with van der Waals surface area (Å²) >= 11 is 3.27. The average Bonchev–Trinajstić information content (AvgIpc) is 2.94. The molecular formula is C28H25BrN6O5S. The maximum absolute atomic E-state index is 13.2. The summed E-state index contributed by atoms with van der Waals surface area (Å²) in [5.74, 6) is -0.916. The van der Waals surface area contributed by atoms with Gasteiger partial charge in [0.1, 0.15) is 11.9 Å². The zero-order chi connectivity index (χ0) is 29.4. The van der Waals surface area contributed by atoms with Crippen LogP contribution in [0.2, 0.25) is 0 Å². The second-order valence-corrected chi connectivity index (χ2v) is 11.2. The minimum absolute atomic E-state index is 0.0308. The first-order valence-corrected chi connectivity index (χ1v) is 14.5. The summed E-state index contributed by atoms with van der Waals surface area (Å²) in [7, 11) is -3.95. The largest absolute Gasteiger partial charge is 0.326 e. The molecule has 0 saturated heterocycles. The molecule has 11 nitrogen and oxygen atoms in total. The van der Waals surface area contributed by atoms with Gasteiger partial charge in [-0.1, -0.05) is 48.5 Å². The van der Waals surface area contributed by atoms with Crippen LogP contribution in [0.4, 0.5) is 22.0 Å². The van der Waals surface area contributed by atoms with E-state index >= 15 is 0 Å². The van der Waals surface area contributed by atoms with Gasteiger partial charge in [0.2, 0.25) is 21.8 Å². The molecule has 13 heteroatoms. The van der Waals surface area contributed by atoms with E-state index in [1.165, 1.54) is 12.3 Å². The fourth-order valence-corrected chi connectivity index (χ4v) is 4.80. The van der Waals surface area contributed by atoms with E-state index in [2.05, 4.69) is 42.2 Å². The molecule has 4 amide bonds. The average molecular weight is 638 g/mol. The molecule has 4 aromatic rings. The molecule has 210 valence electrons. The molecule has 1 unspecified atom stereocenters. The van der Waals surface area contributed by atoms with Gasteiger partial charge in [0.15, 0.2) is 0 Å². The first-order chi connectivity index (χ1) is 19.6. The Bertz CT molecular complexity index is 1650. The smallest absolute Gasteiger partial charge is 0.319 e. The Balaban J connectivity index is 1.49. The van der Waals surface area contributed by atoms with E-state index in [1.54, 1.807) is 84.9 Å². The van der Waals surface area contributed by atoms with Crippen molar-refractivity contribution in [2.75, 3.05) is 16.0 Å². The normalized spacial score (nSPS) is 11.7. The number of anilines is 3. The van der Waals surface area contributed by atoms with Crippen molar-refractivity contribution < 1.29 is 22.8 Å². The molecule has 4 rings (SSSR count). The van der Waals surface area contributed by atoms with Crippen LogP contribution >= 0.6 is 15.9 Å². The number of amides is 4. The fraction of sp³-hybridized carbons (Fsp3) is 0.0714.